The van der Waals surface area contributed by atoms with Crippen molar-refractivity contribution in [1.29, 1.82) is 5.26 Å². The van der Waals surface area contributed by atoms with E-state index in [4.69, 9.17) is 21.2 Å². The summed E-state index contributed by atoms with van der Waals surface area (Å²) in [6.07, 6.45) is 5.39. The Bertz CT molecular complexity index is 1420. The highest BCUT2D eigenvalue weighted by Gasteiger charge is 2.19. The summed E-state index contributed by atoms with van der Waals surface area (Å²) in [4.78, 5) is 30.0. The van der Waals surface area contributed by atoms with E-state index in [0.717, 1.165) is 4.57 Å². The quantitative estimate of drug-likeness (QED) is 0.571. The van der Waals surface area contributed by atoms with Gasteiger partial charge in [-0.3, -0.25) is 9.36 Å². The predicted molar refractivity (Wildman–Crippen MR) is 114 cm³/mol. The van der Waals surface area contributed by atoms with Crippen molar-refractivity contribution < 1.29 is 9.47 Å². The van der Waals surface area contributed by atoms with Crippen molar-refractivity contribution in [2.45, 2.75) is 19.5 Å². The van der Waals surface area contributed by atoms with Crippen molar-refractivity contribution in [3.63, 3.8) is 0 Å². The second-order valence-corrected chi connectivity index (χ2v) is 6.42. The molecular formula is C22H19N5O4. The summed E-state index contributed by atoms with van der Waals surface area (Å²) in [6, 6.07) is 7.21. The number of nitriles is 1. The van der Waals surface area contributed by atoms with Crippen LogP contribution in [0.1, 0.15) is 17.8 Å². The van der Waals surface area contributed by atoms with Gasteiger partial charge in [0.15, 0.2) is 28.5 Å². The Balaban J connectivity index is 2.20. The molecule has 3 aromatic rings. The lowest BCUT2D eigenvalue weighted by atomic mass is 10.2. The summed E-state index contributed by atoms with van der Waals surface area (Å²) >= 11 is 0. The van der Waals surface area contributed by atoms with Crippen molar-refractivity contribution in [2.75, 3.05) is 14.2 Å². The van der Waals surface area contributed by atoms with Gasteiger partial charge in [0.2, 0.25) is 0 Å². The largest absolute Gasteiger partial charge is 0.493 e. The van der Waals surface area contributed by atoms with Crippen molar-refractivity contribution >= 4 is 11.2 Å². The van der Waals surface area contributed by atoms with E-state index < -0.39 is 11.2 Å². The first-order chi connectivity index (χ1) is 15.0. The molecule has 0 saturated carbocycles. The number of imidazole rings is 1. The molecule has 0 amide bonds. The van der Waals surface area contributed by atoms with E-state index >= 15 is 0 Å². The molecule has 31 heavy (non-hydrogen) atoms. The molecule has 2 aromatic heterocycles. The fraction of sp³-hybridized carbons (Fsp3) is 0.273. The number of terminal acetylenes is 1. The van der Waals surface area contributed by atoms with Gasteiger partial charge in [-0.25, -0.2) is 14.3 Å². The molecule has 3 rings (SSSR count). The smallest absolute Gasteiger partial charge is 0.333 e. The van der Waals surface area contributed by atoms with E-state index in [0.29, 0.717) is 17.1 Å². The van der Waals surface area contributed by atoms with Crippen LogP contribution in [0.4, 0.5) is 0 Å². The third-order valence-electron chi connectivity index (χ3n) is 4.64. The zero-order chi connectivity index (χ0) is 22.5. The monoisotopic (exact) mass is 417 g/mol. The molecule has 9 nitrogen and oxygen atoms in total. The minimum atomic E-state index is -0.608. The third-order valence-corrected chi connectivity index (χ3v) is 4.64. The van der Waals surface area contributed by atoms with Gasteiger partial charge >= 0.3 is 5.69 Å². The van der Waals surface area contributed by atoms with Crippen molar-refractivity contribution in [3.8, 4) is 41.8 Å². The highest BCUT2D eigenvalue weighted by molar-refractivity contribution is 5.72. The second-order valence-electron chi connectivity index (χ2n) is 6.42. The first-order valence-electron chi connectivity index (χ1n) is 9.21. The number of fused-ring (bicyclic) bond motifs is 1. The van der Waals surface area contributed by atoms with Crippen LogP contribution >= 0.6 is 0 Å². The molecule has 0 aliphatic heterocycles. The lowest BCUT2D eigenvalue weighted by Crippen LogP contribution is -2.40. The molecule has 0 saturated heterocycles. The van der Waals surface area contributed by atoms with Gasteiger partial charge in [0, 0.05) is 19.2 Å². The van der Waals surface area contributed by atoms with Crippen LogP contribution in [0, 0.1) is 35.5 Å². The maximum Gasteiger partial charge on any atom is 0.333 e. The lowest BCUT2D eigenvalue weighted by Gasteiger charge is -2.08. The Morgan fingerprint density at radius 2 is 1.87 bits per heavy atom. The standard InChI is InChI=1S/C22H19N5O4/c1-5-12-27-21(28)19-20(26(22(27)29)13-6-11-23)24-18(25(19)2)10-8-15-7-9-16(30-3)17(14-15)31-4/h1,7,9,14H,6,12-13H2,2-4H3. The normalized spacial score (nSPS) is 10.1. The number of aromatic nitrogens is 4. The number of nitrogens with zero attached hydrogens (tertiary/aromatic N) is 5. The van der Waals surface area contributed by atoms with Gasteiger partial charge < -0.3 is 14.0 Å². The Kier molecular flexibility index (Phi) is 6.14. The molecular weight excluding hydrogens is 398 g/mol. The summed E-state index contributed by atoms with van der Waals surface area (Å²) in [5.74, 6) is 9.60. The number of aryl methyl sites for hydroxylation is 2. The fourth-order valence-electron chi connectivity index (χ4n) is 3.11. The average Bonchev–Trinajstić information content (AvgIpc) is 3.11. The zero-order valence-corrected chi connectivity index (χ0v) is 17.3. The third kappa shape index (κ3) is 3.88. The van der Waals surface area contributed by atoms with Crippen molar-refractivity contribution in [1.82, 2.24) is 18.7 Å². The molecule has 0 bridgehead atoms. The van der Waals surface area contributed by atoms with Gasteiger partial charge in [-0.2, -0.15) is 5.26 Å². The number of benzene rings is 1. The zero-order valence-electron chi connectivity index (χ0n) is 17.3. The first kappa shape index (κ1) is 21.3. The number of hydrogen-bond donors (Lipinski definition) is 0. The maximum atomic E-state index is 12.9. The van der Waals surface area contributed by atoms with Gasteiger partial charge in [0.05, 0.1) is 33.3 Å². The summed E-state index contributed by atoms with van der Waals surface area (Å²) < 4.78 is 14.2. The molecule has 0 N–H and O–H groups in total. The molecule has 0 aliphatic carbocycles. The lowest BCUT2D eigenvalue weighted by molar-refractivity contribution is 0.355. The van der Waals surface area contributed by atoms with Crippen LogP contribution in [0.25, 0.3) is 11.2 Å². The van der Waals surface area contributed by atoms with E-state index in [1.807, 2.05) is 6.07 Å². The molecule has 0 radical (unpaired) electrons. The van der Waals surface area contributed by atoms with E-state index in [-0.39, 0.29) is 36.5 Å². The van der Waals surface area contributed by atoms with Gasteiger partial charge in [-0.15, -0.1) is 6.42 Å². The minimum Gasteiger partial charge on any atom is -0.493 e. The van der Waals surface area contributed by atoms with Gasteiger partial charge in [0.1, 0.15) is 0 Å². The van der Waals surface area contributed by atoms with Crippen LogP contribution < -0.4 is 20.7 Å². The molecule has 0 aliphatic rings. The number of ether oxygens (including phenoxy) is 2. The Hall–Kier alpha value is -4.42. The molecule has 156 valence electrons. The molecule has 1 aromatic carbocycles. The Labute approximate surface area is 178 Å². The molecule has 2 heterocycles. The molecule has 0 atom stereocenters. The van der Waals surface area contributed by atoms with E-state index in [1.54, 1.807) is 32.4 Å². The van der Waals surface area contributed by atoms with Crippen LogP contribution in [0.5, 0.6) is 11.5 Å². The predicted octanol–water partition coefficient (Wildman–Crippen LogP) is 0.861. The van der Waals surface area contributed by atoms with E-state index in [2.05, 4.69) is 22.7 Å². The Morgan fingerprint density at radius 1 is 1.13 bits per heavy atom. The highest BCUT2D eigenvalue weighted by Crippen LogP contribution is 2.27. The first-order valence-corrected chi connectivity index (χ1v) is 9.21. The number of methoxy groups -OCH3 is 2. The number of rotatable bonds is 5. The number of hydrogen-bond acceptors (Lipinski definition) is 6. The topological polar surface area (TPSA) is 104 Å². The van der Waals surface area contributed by atoms with Crippen molar-refractivity contribution in [2.24, 2.45) is 7.05 Å². The second kappa shape index (κ2) is 8.94. The van der Waals surface area contributed by atoms with Crippen LogP contribution in [0.2, 0.25) is 0 Å². The van der Waals surface area contributed by atoms with Crippen molar-refractivity contribution in [3.05, 3.63) is 50.4 Å². The Morgan fingerprint density at radius 3 is 2.52 bits per heavy atom. The van der Waals surface area contributed by atoms with Gasteiger partial charge in [-0.1, -0.05) is 11.8 Å². The minimum absolute atomic E-state index is 0.0759. The van der Waals surface area contributed by atoms with Gasteiger partial charge in [-0.05, 0) is 24.1 Å². The molecule has 0 unspecified atom stereocenters. The summed E-state index contributed by atoms with van der Waals surface area (Å²) in [5.41, 5.74) is -0.165. The van der Waals surface area contributed by atoms with E-state index in [1.165, 1.54) is 16.2 Å². The molecule has 9 heteroatoms. The van der Waals surface area contributed by atoms with Gasteiger partial charge in [0.25, 0.3) is 5.56 Å². The summed E-state index contributed by atoms with van der Waals surface area (Å²) in [5, 5.41) is 8.93. The van der Waals surface area contributed by atoms with Crippen LogP contribution in [-0.4, -0.2) is 32.9 Å². The fourth-order valence-corrected chi connectivity index (χ4v) is 3.11. The highest BCUT2D eigenvalue weighted by atomic mass is 16.5. The summed E-state index contributed by atoms with van der Waals surface area (Å²) in [6.45, 7) is -0.103. The van der Waals surface area contributed by atoms with Crippen LogP contribution in [0.15, 0.2) is 27.8 Å². The average molecular weight is 417 g/mol. The van der Waals surface area contributed by atoms with Crippen LogP contribution in [0.3, 0.4) is 0 Å². The van der Waals surface area contributed by atoms with E-state index in [9.17, 15) is 9.59 Å². The maximum absolute atomic E-state index is 12.9. The van der Waals surface area contributed by atoms with Crippen LogP contribution in [-0.2, 0) is 20.1 Å². The molecule has 0 fully saturated rings. The summed E-state index contributed by atoms with van der Waals surface area (Å²) in [7, 11) is 4.71. The molecule has 0 spiro atoms. The SMILES string of the molecule is C#CCn1c(=O)c2c(nc(C#Cc3ccc(OC)c(OC)c3)n2C)n(CCC#N)c1=O.